The van der Waals surface area contributed by atoms with Crippen LogP contribution in [0.2, 0.25) is 5.02 Å². The molecule has 1 N–H and O–H groups in total. The lowest BCUT2D eigenvalue weighted by Crippen LogP contribution is -2.48. The highest BCUT2D eigenvalue weighted by molar-refractivity contribution is 9.10. The Bertz CT molecular complexity index is 519. The molecule has 1 aromatic rings. The highest BCUT2D eigenvalue weighted by Gasteiger charge is 2.26. The van der Waals surface area contributed by atoms with Crippen LogP contribution < -0.4 is 5.32 Å². The summed E-state index contributed by atoms with van der Waals surface area (Å²) in [5, 5.41) is 12.2. The van der Waals surface area contributed by atoms with Crippen molar-refractivity contribution in [2.24, 2.45) is 0 Å². The van der Waals surface area contributed by atoms with Crippen LogP contribution in [0.1, 0.15) is 22.8 Å². The first-order chi connectivity index (χ1) is 8.83. The van der Waals surface area contributed by atoms with Crippen LogP contribution in [0.15, 0.2) is 16.6 Å². The van der Waals surface area contributed by atoms with E-state index in [-0.39, 0.29) is 12.5 Å². The molecule has 0 saturated heterocycles. The smallest absolute Gasteiger partial charge is 0.252 e. The number of aryl methyl sites for hydroxylation is 1. The van der Waals surface area contributed by atoms with Gasteiger partial charge in [0.25, 0.3) is 5.91 Å². The Hall–Kier alpha value is -1.09. The molecular weight excluding hydrogens is 332 g/mol. The zero-order chi connectivity index (χ0) is 14.6. The zero-order valence-electron chi connectivity index (χ0n) is 10.9. The average Bonchev–Trinajstić information content (AvgIpc) is 2.35. The summed E-state index contributed by atoms with van der Waals surface area (Å²) in [4.78, 5) is 12.1. The molecule has 0 aliphatic rings. The van der Waals surface area contributed by atoms with Gasteiger partial charge in [-0.2, -0.15) is 5.26 Å². The molecule has 0 fully saturated rings. The van der Waals surface area contributed by atoms with E-state index in [9.17, 15) is 4.79 Å². The maximum atomic E-state index is 12.1. The fraction of sp³-hybridized carbons (Fsp3) is 0.385. The van der Waals surface area contributed by atoms with Crippen molar-refractivity contribution in [3.8, 4) is 6.07 Å². The number of carbonyl (C=O) groups is 1. The number of halogens is 2. The van der Waals surface area contributed by atoms with Gasteiger partial charge in [-0.15, -0.1) is 0 Å². The van der Waals surface area contributed by atoms with E-state index >= 15 is 0 Å². The van der Waals surface area contributed by atoms with E-state index in [2.05, 4.69) is 21.2 Å². The Kier molecular flexibility index (Phi) is 5.36. The fourth-order valence-electron chi connectivity index (χ4n) is 1.57. The van der Waals surface area contributed by atoms with E-state index in [0.29, 0.717) is 10.6 Å². The molecule has 0 bridgehead atoms. The molecule has 4 nitrogen and oxygen atoms in total. The molecular formula is C13H14BrClN2O2. The molecule has 1 rings (SSSR count). The molecule has 0 aromatic heterocycles. The summed E-state index contributed by atoms with van der Waals surface area (Å²) in [5.41, 5.74) is 0.186. The minimum Gasteiger partial charge on any atom is -0.381 e. The molecule has 0 aliphatic heterocycles. The van der Waals surface area contributed by atoms with E-state index in [0.717, 1.165) is 10.0 Å². The van der Waals surface area contributed by atoms with Gasteiger partial charge in [-0.1, -0.05) is 11.6 Å². The van der Waals surface area contributed by atoms with Crippen molar-refractivity contribution in [3.63, 3.8) is 0 Å². The van der Waals surface area contributed by atoms with Crippen LogP contribution in [0.3, 0.4) is 0 Å². The van der Waals surface area contributed by atoms with E-state index < -0.39 is 5.54 Å². The second kappa shape index (κ2) is 6.38. The molecule has 102 valence electrons. The van der Waals surface area contributed by atoms with E-state index in [1.54, 1.807) is 19.1 Å². The molecule has 0 spiro atoms. The van der Waals surface area contributed by atoms with Crippen LogP contribution >= 0.6 is 27.5 Å². The Balaban J connectivity index is 2.99. The number of rotatable bonds is 4. The van der Waals surface area contributed by atoms with Gasteiger partial charge in [0, 0.05) is 17.1 Å². The second-order valence-corrected chi connectivity index (χ2v) is 5.62. The van der Waals surface area contributed by atoms with Crippen LogP contribution in [0.25, 0.3) is 0 Å². The first-order valence-electron chi connectivity index (χ1n) is 5.51. The Morgan fingerprint density at radius 1 is 1.63 bits per heavy atom. The zero-order valence-corrected chi connectivity index (χ0v) is 13.2. The molecule has 0 aliphatic carbocycles. The number of amides is 1. The molecule has 0 radical (unpaired) electrons. The maximum absolute atomic E-state index is 12.1. The summed E-state index contributed by atoms with van der Waals surface area (Å²) in [5.74, 6) is -0.362. The Labute approximate surface area is 125 Å². The normalized spacial score (nSPS) is 13.5. The van der Waals surface area contributed by atoms with Crippen LogP contribution in [0.5, 0.6) is 0 Å². The molecule has 6 heteroatoms. The second-order valence-electron chi connectivity index (χ2n) is 4.42. The SMILES string of the molecule is COC[C@](C)(C#N)NC(=O)c1cc(C)c(Br)c(Cl)c1. The van der Waals surface area contributed by atoms with Crippen molar-refractivity contribution in [2.75, 3.05) is 13.7 Å². The standard InChI is InChI=1S/C13H14BrClN2O2/c1-8-4-9(5-10(15)11(8)14)12(18)17-13(2,6-16)7-19-3/h4-5H,7H2,1-3H3,(H,17,18)/t13-/m0/s1. The van der Waals surface area contributed by atoms with Gasteiger partial charge in [0.05, 0.1) is 17.7 Å². The van der Waals surface area contributed by atoms with Gasteiger partial charge >= 0.3 is 0 Å². The summed E-state index contributed by atoms with van der Waals surface area (Å²) in [6.07, 6.45) is 0. The molecule has 0 saturated carbocycles. The first-order valence-corrected chi connectivity index (χ1v) is 6.68. The van der Waals surface area contributed by atoms with Crippen molar-refractivity contribution in [3.05, 3.63) is 32.8 Å². The van der Waals surface area contributed by atoms with Gasteiger partial charge in [0.2, 0.25) is 0 Å². The quantitative estimate of drug-likeness (QED) is 0.912. The third-order valence-corrected chi connectivity index (χ3v) is 4.12. The van der Waals surface area contributed by atoms with Crippen molar-refractivity contribution in [2.45, 2.75) is 19.4 Å². The number of ether oxygens (including phenoxy) is 1. The van der Waals surface area contributed by atoms with Crippen LogP contribution in [0, 0.1) is 18.3 Å². The number of nitriles is 1. The Morgan fingerprint density at radius 2 is 2.26 bits per heavy atom. The monoisotopic (exact) mass is 344 g/mol. The number of carbonyl (C=O) groups excluding carboxylic acids is 1. The molecule has 1 amide bonds. The van der Waals surface area contributed by atoms with Gasteiger partial charge in [-0.05, 0) is 47.5 Å². The van der Waals surface area contributed by atoms with Gasteiger partial charge in [-0.3, -0.25) is 4.79 Å². The molecule has 0 unspecified atom stereocenters. The number of nitrogens with zero attached hydrogens (tertiary/aromatic N) is 1. The lowest BCUT2D eigenvalue weighted by Gasteiger charge is -2.22. The number of nitrogens with one attached hydrogen (secondary N) is 1. The summed E-state index contributed by atoms with van der Waals surface area (Å²) < 4.78 is 5.69. The number of benzene rings is 1. The largest absolute Gasteiger partial charge is 0.381 e. The molecule has 1 aromatic carbocycles. The third-order valence-electron chi connectivity index (χ3n) is 2.54. The lowest BCUT2D eigenvalue weighted by molar-refractivity contribution is 0.0860. The number of hydrogen-bond acceptors (Lipinski definition) is 3. The molecule has 0 heterocycles. The van der Waals surface area contributed by atoms with Crippen LogP contribution in [-0.2, 0) is 4.74 Å². The van der Waals surface area contributed by atoms with Gasteiger partial charge in [-0.25, -0.2) is 0 Å². The minimum atomic E-state index is -1.07. The fourth-order valence-corrected chi connectivity index (χ4v) is 2.06. The van der Waals surface area contributed by atoms with Crippen molar-refractivity contribution >= 4 is 33.4 Å². The predicted molar refractivity (Wildman–Crippen MR) is 77.2 cm³/mol. The lowest BCUT2D eigenvalue weighted by atomic mass is 10.0. The predicted octanol–water partition coefficient (Wildman–Crippen LogP) is 3.07. The van der Waals surface area contributed by atoms with E-state index in [4.69, 9.17) is 21.6 Å². The summed E-state index contributed by atoms with van der Waals surface area (Å²) in [7, 11) is 1.47. The summed E-state index contributed by atoms with van der Waals surface area (Å²) in [6, 6.07) is 5.28. The van der Waals surface area contributed by atoms with E-state index in [1.807, 2.05) is 13.0 Å². The number of methoxy groups -OCH3 is 1. The van der Waals surface area contributed by atoms with Crippen LogP contribution in [0.4, 0.5) is 0 Å². The number of hydrogen-bond donors (Lipinski definition) is 1. The van der Waals surface area contributed by atoms with Crippen LogP contribution in [-0.4, -0.2) is 25.2 Å². The van der Waals surface area contributed by atoms with Crippen molar-refractivity contribution in [1.29, 1.82) is 5.26 Å². The van der Waals surface area contributed by atoms with Gasteiger partial charge in [0.1, 0.15) is 5.54 Å². The summed E-state index contributed by atoms with van der Waals surface area (Å²) >= 11 is 9.34. The average molecular weight is 346 g/mol. The summed E-state index contributed by atoms with van der Waals surface area (Å²) in [6.45, 7) is 3.55. The molecule has 1 atom stereocenters. The van der Waals surface area contributed by atoms with Crippen molar-refractivity contribution in [1.82, 2.24) is 5.32 Å². The highest BCUT2D eigenvalue weighted by atomic mass is 79.9. The first kappa shape index (κ1) is 16.0. The van der Waals surface area contributed by atoms with Gasteiger partial charge < -0.3 is 10.1 Å². The molecule has 19 heavy (non-hydrogen) atoms. The highest BCUT2D eigenvalue weighted by Crippen LogP contribution is 2.27. The maximum Gasteiger partial charge on any atom is 0.252 e. The van der Waals surface area contributed by atoms with Crippen molar-refractivity contribution < 1.29 is 9.53 Å². The third kappa shape index (κ3) is 3.93. The van der Waals surface area contributed by atoms with E-state index in [1.165, 1.54) is 7.11 Å². The Morgan fingerprint density at radius 3 is 2.74 bits per heavy atom. The topological polar surface area (TPSA) is 62.1 Å². The van der Waals surface area contributed by atoms with Gasteiger partial charge in [0.15, 0.2) is 0 Å². The minimum absolute atomic E-state index is 0.110.